The van der Waals surface area contributed by atoms with E-state index >= 15 is 0 Å². The summed E-state index contributed by atoms with van der Waals surface area (Å²) < 4.78 is 12.4. The van der Waals surface area contributed by atoms with Crippen LogP contribution >= 0.6 is 0 Å². The van der Waals surface area contributed by atoms with Crippen LogP contribution in [0.25, 0.3) is 12.0 Å². The van der Waals surface area contributed by atoms with Crippen molar-refractivity contribution in [3.05, 3.63) is 60.1 Å². The van der Waals surface area contributed by atoms with Gasteiger partial charge in [0.25, 0.3) is 5.95 Å². The highest BCUT2D eigenvalue weighted by Crippen LogP contribution is 2.29. The van der Waals surface area contributed by atoms with Crippen LogP contribution in [0, 0.1) is 0 Å². The number of carbonyl (C=O) groups is 1. The Morgan fingerprint density at radius 1 is 1.16 bits per heavy atom. The fourth-order valence-corrected chi connectivity index (χ4v) is 2.79. The third-order valence-corrected chi connectivity index (χ3v) is 4.39. The molecular weight excluding hydrogens is 394 g/mol. The predicted molar refractivity (Wildman–Crippen MR) is 120 cm³/mol. The van der Waals surface area contributed by atoms with Crippen LogP contribution in [0.3, 0.4) is 0 Å². The first kappa shape index (κ1) is 22.0. The van der Waals surface area contributed by atoms with E-state index in [1.165, 1.54) is 10.8 Å². The van der Waals surface area contributed by atoms with Gasteiger partial charge in [0.2, 0.25) is 5.91 Å². The van der Waals surface area contributed by atoms with Crippen LogP contribution < -0.4 is 14.8 Å². The second-order valence-electron chi connectivity index (χ2n) is 7.79. The van der Waals surface area contributed by atoms with Crippen molar-refractivity contribution in [3.63, 3.8) is 0 Å². The molecule has 0 aliphatic carbocycles. The summed E-state index contributed by atoms with van der Waals surface area (Å²) >= 11 is 0. The van der Waals surface area contributed by atoms with E-state index in [9.17, 15) is 4.79 Å². The lowest BCUT2D eigenvalue weighted by Crippen LogP contribution is -2.14. The number of nitrogens with one attached hydrogen (secondary N) is 1. The van der Waals surface area contributed by atoms with Gasteiger partial charge in [0.1, 0.15) is 5.82 Å². The molecule has 0 unspecified atom stereocenters. The molecular formula is C23H27N5O3. The van der Waals surface area contributed by atoms with Gasteiger partial charge in [-0.15, -0.1) is 0 Å². The zero-order valence-electron chi connectivity index (χ0n) is 18.4. The lowest BCUT2D eigenvalue weighted by atomic mass is 9.92. The Hall–Kier alpha value is -3.68. The summed E-state index contributed by atoms with van der Waals surface area (Å²) in [5.41, 5.74) is 1.43. The van der Waals surface area contributed by atoms with Crippen molar-refractivity contribution in [1.82, 2.24) is 19.7 Å². The van der Waals surface area contributed by atoms with Gasteiger partial charge in [0, 0.05) is 30.0 Å². The largest absolute Gasteiger partial charge is 0.493 e. The Bertz CT molecular complexity index is 1070. The minimum atomic E-state index is -0.301. The summed E-state index contributed by atoms with van der Waals surface area (Å²) in [4.78, 5) is 21.1. The van der Waals surface area contributed by atoms with Gasteiger partial charge < -0.3 is 14.8 Å². The van der Waals surface area contributed by atoms with Crippen LogP contribution in [-0.2, 0) is 10.2 Å². The Morgan fingerprint density at radius 3 is 2.55 bits per heavy atom. The van der Waals surface area contributed by atoms with Gasteiger partial charge in [-0.05, 0) is 36.8 Å². The zero-order valence-corrected chi connectivity index (χ0v) is 18.4. The molecule has 0 aliphatic rings. The molecule has 0 spiro atoms. The number of hydrogen-bond donors (Lipinski definition) is 1. The van der Waals surface area contributed by atoms with E-state index in [2.05, 4.69) is 41.2 Å². The van der Waals surface area contributed by atoms with E-state index in [0.717, 1.165) is 11.3 Å². The van der Waals surface area contributed by atoms with Crippen molar-refractivity contribution in [2.75, 3.05) is 19.0 Å². The topological polar surface area (TPSA) is 91.2 Å². The fourth-order valence-electron chi connectivity index (χ4n) is 2.79. The molecule has 1 aromatic carbocycles. The summed E-state index contributed by atoms with van der Waals surface area (Å²) in [6.45, 7) is 8.61. The predicted octanol–water partition coefficient (Wildman–Crippen LogP) is 4.02. The van der Waals surface area contributed by atoms with E-state index in [4.69, 9.17) is 9.47 Å². The minimum absolute atomic E-state index is 0.200. The Kier molecular flexibility index (Phi) is 6.69. The van der Waals surface area contributed by atoms with Crippen molar-refractivity contribution in [2.45, 2.75) is 33.1 Å². The molecule has 3 aromatic rings. The van der Waals surface area contributed by atoms with Crippen molar-refractivity contribution in [1.29, 1.82) is 0 Å². The monoisotopic (exact) mass is 421 g/mol. The lowest BCUT2D eigenvalue weighted by molar-refractivity contribution is -0.111. The summed E-state index contributed by atoms with van der Waals surface area (Å²) in [5, 5.41) is 7.47. The molecule has 2 heterocycles. The Labute approximate surface area is 181 Å². The highest BCUT2D eigenvalue weighted by molar-refractivity contribution is 6.01. The summed E-state index contributed by atoms with van der Waals surface area (Å²) in [5.74, 6) is 1.85. The lowest BCUT2D eigenvalue weighted by Gasteiger charge is -2.13. The Balaban J connectivity index is 1.82. The highest BCUT2D eigenvalue weighted by atomic mass is 16.5. The first-order valence-corrected chi connectivity index (χ1v) is 9.99. The number of anilines is 1. The van der Waals surface area contributed by atoms with Gasteiger partial charge in [-0.2, -0.15) is 9.78 Å². The number of methoxy groups -OCH3 is 1. The molecule has 1 amide bonds. The van der Waals surface area contributed by atoms with Crippen molar-refractivity contribution >= 4 is 17.8 Å². The molecule has 0 saturated carbocycles. The molecule has 0 aliphatic heterocycles. The number of ether oxygens (including phenoxy) is 2. The molecule has 0 fully saturated rings. The van der Waals surface area contributed by atoms with Crippen molar-refractivity contribution in [2.24, 2.45) is 0 Å². The van der Waals surface area contributed by atoms with Crippen LogP contribution in [0.15, 0.2) is 48.8 Å². The van der Waals surface area contributed by atoms with Gasteiger partial charge in [-0.3, -0.25) is 4.79 Å². The van der Waals surface area contributed by atoms with E-state index in [1.54, 1.807) is 31.6 Å². The van der Waals surface area contributed by atoms with Gasteiger partial charge in [-0.25, -0.2) is 9.97 Å². The SMILES string of the molecule is CCOc1ccc(/C=C/C(=O)Nc2cc(C(C)(C)C)nn2-c2ncccn2)cc1OC. The van der Waals surface area contributed by atoms with Gasteiger partial charge in [-0.1, -0.05) is 26.8 Å². The number of carbonyl (C=O) groups excluding carboxylic acids is 1. The first-order valence-electron chi connectivity index (χ1n) is 9.99. The van der Waals surface area contributed by atoms with Crippen molar-refractivity contribution < 1.29 is 14.3 Å². The molecule has 8 nitrogen and oxygen atoms in total. The van der Waals surface area contributed by atoms with Crippen LogP contribution in [0.5, 0.6) is 11.5 Å². The summed E-state index contributed by atoms with van der Waals surface area (Å²) in [7, 11) is 1.58. The molecule has 0 bridgehead atoms. The van der Waals surface area contributed by atoms with Crippen LogP contribution in [-0.4, -0.2) is 39.4 Å². The second kappa shape index (κ2) is 9.42. The van der Waals surface area contributed by atoms with Gasteiger partial charge in [0.15, 0.2) is 11.5 Å². The molecule has 3 rings (SSSR count). The highest BCUT2D eigenvalue weighted by Gasteiger charge is 2.22. The smallest absolute Gasteiger partial charge is 0.252 e. The third kappa shape index (κ3) is 5.48. The average Bonchev–Trinajstić information content (AvgIpc) is 3.18. The fraction of sp³-hybridized carbons (Fsp3) is 0.304. The maximum atomic E-state index is 12.6. The van der Waals surface area contributed by atoms with Gasteiger partial charge in [0.05, 0.1) is 19.4 Å². The number of nitrogens with zero attached hydrogens (tertiary/aromatic N) is 4. The first-order chi connectivity index (χ1) is 14.8. The van der Waals surface area contributed by atoms with E-state index in [1.807, 2.05) is 31.2 Å². The maximum absolute atomic E-state index is 12.6. The quantitative estimate of drug-likeness (QED) is 0.580. The van der Waals surface area contributed by atoms with E-state index in [-0.39, 0.29) is 11.3 Å². The Morgan fingerprint density at radius 2 is 1.90 bits per heavy atom. The average molecular weight is 422 g/mol. The summed E-state index contributed by atoms with van der Waals surface area (Å²) in [6, 6.07) is 9.05. The molecule has 31 heavy (non-hydrogen) atoms. The summed E-state index contributed by atoms with van der Waals surface area (Å²) in [6.07, 6.45) is 6.42. The number of hydrogen-bond acceptors (Lipinski definition) is 6. The van der Waals surface area contributed by atoms with Crippen LogP contribution in [0.4, 0.5) is 5.82 Å². The van der Waals surface area contributed by atoms with E-state index < -0.39 is 0 Å². The standard InChI is InChI=1S/C23H27N5O3/c1-6-31-17-10-8-16(14-18(17)30-5)9-11-21(29)26-20-15-19(23(2,3)4)27-28(20)22-24-12-7-13-25-22/h7-15H,6H2,1-5H3,(H,26,29)/b11-9+. The molecule has 0 saturated heterocycles. The number of rotatable bonds is 7. The molecule has 8 heteroatoms. The number of amides is 1. The minimum Gasteiger partial charge on any atom is -0.493 e. The molecule has 0 radical (unpaired) electrons. The van der Waals surface area contributed by atoms with Crippen LogP contribution in [0.2, 0.25) is 0 Å². The molecule has 2 aromatic heterocycles. The number of benzene rings is 1. The number of aromatic nitrogens is 4. The zero-order chi connectivity index (χ0) is 22.4. The normalized spacial score (nSPS) is 11.5. The molecule has 162 valence electrons. The second-order valence-corrected chi connectivity index (χ2v) is 7.79. The molecule has 1 N–H and O–H groups in total. The van der Waals surface area contributed by atoms with Crippen molar-refractivity contribution in [3.8, 4) is 17.4 Å². The molecule has 0 atom stereocenters. The maximum Gasteiger partial charge on any atom is 0.252 e. The van der Waals surface area contributed by atoms with Crippen LogP contribution in [0.1, 0.15) is 39.0 Å². The van der Waals surface area contributed by atoms with E-state index in [0.29, 0.717) is 29.9 Å². The van der Waals surface area contributed by atoms with Gasteiger partial charge >= 0.3 is 0 Å². The third-order valence-electron chi connectivity index (χ3n) is 4.39.